The minimum atomic E-state index is -3.45. The summed E-state index contributed by atoms with van der Waals surface area (Å²) in [5, 5.41) is 0. The van der Waals surface area contributed by atoms with Crippen molar-refractivity contribution in [1.29, 1.82) is 0 Å². The number of hydrogen-bond donors (Lipinski definition) is 0. The van der Waals surface area contributed by atoms with Crippen LogP contribution >= 0.6 is 0 Å². The molecule has 84 valence electrons. The first-order valence-electron chi connectivity index (χ1n) is 3.54. The zero-order valence-electron chi connectivity index (χ0n) is 7.83. The molecule has 0 atom stereocenters. The maximum absolute atomic E-state index is 10.4. The van der Waals surface area contributed by atoms with Crippen molar-refractivity contribution in [2.45, 2.75) is 0 Å². The average molecular weight is 244 g/mol. The summed E-state index contributed by atoms with van der Waals surface area (Å²) in [5.74, 6) is 0. The summed E-state index contributed by atoms with van der Waals surface area (Å²) in [7, 11) is -6.90. The maximum Gasteiger partial charge on any atom is 0.264 e. The molecule has 6 nitrogen and oxygen atoms in total. The van der Waals surface area contributed by atoms with E-state index in [1.54, 1.807) is 0 Å². The van der Waals surface area contributed by atoms with Crippen LogP contribution in [0.15, 0.2) is 12.2 Å². The van der Waals surface area contributed by atoms with Gasteiger partial charge in [0.1, 0.15) is 0 Å². The van der Waals surface area contributed by atoms with Crippen molar-refractivity contribution in [2.24, 2.45) is 0 Å². The average Bonchev–Trinajstić information content (AvgIpc) is 1.92. The first-order valence-corrected chi connectivity index (χ1v) is 7.18. The normalized spacial score (nSPS) is 13.6. The Morgan fingerprint density at radius 1 is 0.857 bits per heavy atom. The number of hydrogen-bond acceptors (Lipinski definition) is 6. The molecule has 0 aliphatic rings. The molecule has 0 heterocycles. The Labute approximate surface area is 83.8 Å². The van der Waals surface area contributed by atoms with Gasteiger partial charge in [0.15, 0.2) is 0 Å². The lowest BCUT2D eigenvalue weighted by atomic mass is 10.5. The molecule has 14 heavy (non-hydrogen) atoms. The van der Waals surface area contributed by atoms with Gasteiger partial charge in [0.25, 0.3) is 20.2 Å². The van der Waals surface area contributed by atoms with Crippen LogP contribution in [0.1, 0.15) is 0 Å². The van der Waals surface area contributed by atoms with Crippen LogP contribution in [0.25, 0.3) is 0 Å². The van der Waals surface area contributed by atoms with Gasteiger partial charge in [0.05, 0.1) is 25.7 Å². The van der Waals surface area contributed by atoms with E-state index in [-0.39, 0.29) is 13.2 Å². The Kier molecular flexibility index (Phi) is 5.27. The molecule has 0 rings (SSSR count). The maximum atomic E-state index is 10.4. The molecule has 0 unspecified atom stereocenters. The first kappa shape index (κ1) is 13.6. The van der Waals surface area contributed by atoms with E-state index >= 15 is 0 Å². The Morgan fingerprint density at radius 3 is 1.36 bits per heavy atom. The van der Waals surface area contributed by atoms with E-state index in [9.17, 15) is 16.8 Å². The molecule has 0 aromatic carbocycles. The molecule has 0 fully saturated rings. The molecule has 0 aromatic rings. The fraction of sp³-hybridized carbons (Fsp3) is 0.667. The predicted molar refractivity (Wildman–Crippen MR) is 50.7 cm³/mol. The van der Waals surface area contributed by atoms with Crippen molar-refractivity contribution in [3.8, 4) is 0 Å². The third-order valence-corrected chi connectivity index (χ3v) is 2.05. The summed E-state index contributed by atoms with van der Waals surface area (Å²) < 4.78 is 50.4. The Bertz CT molecular complexity index is 339. The molecule has 0 aliphatic carbocycles. The van der Waals surface area contributed by atoms with E-state index in [0.717, 1.165) is 12.5 Å². The topological polar surface area (TPSA) is 86.7 Å². The molecule has 0 aliphatic heterocycles. The summed E-state index contributed by atoms with van der Waals surface area (Å²) in [4.78, 5) is 0. The molecule has 8 heteroatoms. The molecule has 0 aromatic heterocycles. The van der Waals surface area contributed by atoms with Gasteiger partial charge in [-0.2, -0.15) is 16.8 Å². The highest BCUT2D eigenvalue weighted by Crippen LogP contribution is 1.89. The Hall–Kier alpha value is -0.440. The zero-order chi connectivity index (χ0) is 11.2. The van der Waals surface area contributed by atoms with Gasteiger partial charge in [-0.1, -0.05) is 12.2 Å². The van der Waals surface area contributed by atoms with Crippen molar-refractivity contribution < 1.29 is 25.2 Å². The molecule has 0 spiro atoms. The van der Waals surface area contributed by atoms with Crippen LogP contribution in [-0.2, 0) is 28.6 Å². The fourth-order valence-electron chi connectivity index (χ4n) is 0.462. The van der Waals surface area contributed by atoms with Crippen LogP contribution in [0, 0.1) is 0 Å². The monoisotopic (exact) mass is 244 g/mol. The smallest absolute Gasteiger partial charge is 0.264 e. The molecule has 0 bridgehead atoms. The minimum Gasteiger partial charge on any atom is -0.266 e. The van der Waals surface area contributed by atoms with Gasteiger partial charge in [-0.25, -0.2) is 0 Å². The lowest BCUT2D eigenvalue weighted by Gasteiger charge is -1.96. The van der Waals surface area contributed by atoms with Gasteiger partial charge >= 0.3 is 0 Å². The summed E-state index contributed by atoms with van der Waals surface area (Å²) in [5.41, 5.74) is 0. The van der Waals surface area contributed by atoms with Gasteiger partial charge in [-0.3, -0.25) is 8.37 Å². The summed E-state index contributed by atoms with van der Waals surface area (Å²) in [6, 6.07) is 0. The largest absolute Gasteiger partial charge is 0.266 e. The molecule has 0 saturated heterocycles. The van der Waals surface area contributed by atoms with Crippen LogP contribution in [0.2, 0.25) is 0 Å². The molecule has 0 amide bonds. The fourth-order valence-corrected chi connectivity index (χ4v) is 1.11. The standard InChI is InChI=1S/C6H12O6S2/c1-13(7,8)11-5-3-4-6-12-14(2,9)10/h3-4H,5-6H2,1-2H3. The summed E-state index contributed by atoms with van der Waals surface area (Å²) >= 11 is 0. The lowest BCUT2D eigenvalue weighted by molar-refractivity contribution is 0.350. The van der Waals surface area contributed by atoms with Crippen LogP contribution in [0.3, 0.4) is 0 Å². The van der Waals surface area contributed by atoms with E-state index in [1.165, 1.54) is 12.2 Å². The predicted octanol–water partition coefficient (Wildman–Crippen LogP) is -0.505. The van der Waals surface area contributed by atoms with Gasteiger partial charge in [0.2, 0.25) is 0 Å². The molecule has 0 radical (unpaired) electrons. The minimum absolute atomic E-state index is 0.133. The van der Waals surface area contributed by atoms with E-state index in [1.807, 2.05) is 0 Å². The van der Waals surface area contributed by atoms with Crippen molar-refractivity contribution in [3.05, 3.63) is 12.2 Å². The zero-order valence-corrected chi connectivity index (χ0v) is 9.47. The summed E-state index contributed by atoms with van der Waals surface area (Å²) in [6.07, 6.45) is 4.56. The second-order valence-corrected chi connectivity index (χ2v) is 5.74. The van der Waals surface area contributed by atoms with E-state index in [0.29, 0.717) is 0 Å². The molecule has 0 N–H and O–H groups in total. The number of rotatable bonds is 6. The second-order valence-electron chi connectivity index (χ2n) is 2.45. The first-order chi connectivity index (χ1) is 6.21. The van der Waals surface area contributed by atoms with E-state index < -0.39 is 20.2 Å². The van der Waals surface area contributed by atoms with Gasteiger partial charge in [-0.05, 0) is 0 Å². The SMILES string of the molecule is CS(=O)(=O)OCC=CCOS(C)(=O)=O. The van der Waals surface area contributed by atoms with E-state index in [4.69, 9.17) is 0 Å². The Balaban J connectivity index is 3.67. The third kappa shape index (κ3) is 11.6. The van der Waals surface area contributed by atoms with Gasteiger partial charge in [-0.15, -0.1) is 0 Å². The highest BCUT2D eigenvalue weighted by Gasteiger charge is 1.99. The van der Waals surface area contributed by atoms with Crippen LogP contribution in [0.5, 0.6) is 0 Å². The molecule has 0 saturated carbocycles. The Morgan fingerprint density at radius 2 is 1.14 bits per heavy atom. The van der Waals surface area contributed by atoms with Gasteiger partial charge in [0, 0.05) is 0 Å². The second kappa shape index (κ2) is 5.44. The highest BCUT2D eigenvalue weighted by molar-refractivity contribution is 7.86. The van der Waals surface area contributed by atoms with Crippen molar-refractivity contribution in [2.75, 3.05) is 25.7 Å². The van der Waals surface area contributed by atoms with E-state index in [2.05, 4.69) is 8.37 Å². The van der Waals surface area contributed by atoms with Crippen LogP contribution in [-0.4, -0.2) is 42.6 Å². The highest BCUT2D eigenvalue weighted by atomic mass is 32.2. The van der Waals surface area contributed by atoms with Gasteiger partial charge < -0.3 is 0 Å². The lowest BCUT2D eigenvalue weighted by Crippen LogP contribution is -2.04. The van der Waals surface area contributed by atoms with Crippen LogP contribution < -0.4 is 0 Å². The third-order valence-electron chi connectivity index (χ3n) is 0.923. The van der Waals surface area contributed by atoms with Crippen molar-refractivity contribution >= 4 is 20.2 Å². The summed E-state index contributed by atoms with van der Waals surface area (Å²) in [6.45, 7) is -0.266. The van der Waals surface area contributed by atoms with Crippen molar-refractivity contribution in [3.63, 3.8) is 0 Å². The van der Waals surface area contributed by atoms with Crippen LogP contribution in [0.4, 0.5) is 0 Å². The quantitative estimate of drug-likeness (QED) is 0.462. The molecular weight excluding hydrogens is 232 g/mol. The van der Waals surface area contributed by atoms with Crippen molar-refractivity contribution in [1.82, 2.24) is 0 Å². The molecular formula is C6H12O6S2.